The van der Waals surface area contributed by atoms with Crippen molar-refractivity contribution in [2.45, 2.75) is 20.3 Å². The molecule has 4 aromatic rings. The molecule has 0 spiro atoms. The normalized spacial score (nSPS) is 11.0. The number of nitrogens with zero attached hydrogens (tertiary/aromatic N) is 4. The van der Waals surface area contributed by atoms with E-state index in [0.29, 0.717) is 39.7 Å². The second-order valence-electron chi connectivity index (χ2n) is 6.52. The van der Waals surface area contributed by atoms with Crippen molar-refractivity contribution in [1.29, 1.82) is 0 Å². The Kier molecular flexibility index (Phi) is 5.60. The fourth-order valence-corrected chi connectivity index (χ4v) is 4.54. The molecule has 1 N–H and O–H groups in total. The second kappa shape index (κ2) is 8.33. The van der Waals surface area contributed by atoms with Crippen LogP contribution in [0.4, 0.5) is 5.13 Å². The summed E-state index contributed by atoms with van der Waals surface area (Å²) in [4.78, 5) is 34.8. The third-order valence-electron chi connectivity index (χ3n) is 4.39. The molecule has 0 unspecified atom stereocenters. The molecule has 0 aliphatic carbocycles. The third kappa shape index (κ3) is 3.96. The predicted octanol–water partition coefficient (Wildman–Crippen LogP) is 3.82. The van der Waals surface area contributed by atoms with Gasteiger partial charge in [-0.3, -0.25) is 19.6 Å². The maximum absolute atomic E-state index is 13.1. The number of nitrogens with one attached hydrogen (secondary N) is 1. The van der Waals surface area contributed by atoms with Gasteiger partial charge < -0.3 is 4.74 Å². The Morgan fingerprint density at radius 3 is 2.83 bits per heavy atom. The first-order valence-corrected chi connectivity index (χ1v) is 11.0. The Morgan fingerprint density at radius 1 is 1.27 bits per heavy atom. The van der Waals surface area contributed by atoms with E-state index >= 15 is 0 Å². The number of carbonyl (C=O) groups excluding carboxylic acids is 2. The zero-order valence-corrected chi connectivity index (χ0v) is 18.3. The number of anilines is 1. The van der Waals surface area contributed by atoms with E-state index in [1.807, 2.05) is 31.5 Å². The highest BCUT2D eigenvalue weighted by Crippen LogP contribution is 2.30. The van der Waals surface area contributed by atoms with E-state index in [2.05, 4.69) is 15.4 Å². The maximum Gasteiger partial charge on any atom is 0.311 e. The minimum absolute atomic E-state index is 0.0734. The Morgan fingerprint density at radius 2 is 2.10 bits per heavy atom. The molecule has 0 fully saturated rings. The summed E-state index contributed by atoms with van der Waals surface area (Å²) in [6.45, 7) is 3.93. The molecule has 10 heteroatoms. The SMILES string of the molecule is CCOC(=O)Cc1csc(NC(=O)c2cc(-c3cccs3)nc3c2c(C)nn3C)n1. The van der Waals surface area contributed by atoms with Crippen molar-refractivity contribution in [3.05, 3.63) is 45.9 Å². The van der Waals surface area contributed by atoms with Crippen LogP contribution in [0, 0.1) is 6.92 Å². The molecule has 0 aliphatic heterocycles. The Hall–Kier alpha value is -3.11. The van der Waals surface area contributed by atoms with Gasteiger partial charge in [0.05, 0.1) is 45.9 Å². The van der Waals surface area contributed by atoms with Crippen LogP contribution in [0.3, 0.4) is 0 Å². The minimum Gasteiger partial charge on any atom is -0.466 e. The number of rotatable bonds is 6. The number of ether oxygens (including phenoxy) is 1. The lowest BCUT2D eigenvalue weighted by molar-refractivity contribution is -0.142. The molecule has 0 saturated heterocycles. The number of aryl methyl sites for hydroxylation is 2. The second-order valence-corrected chi connectivity index (χ2v) is 8.33. The molecular weight excluding hydrogens is 422 g/mol. The third-order valence-corrected chi connectivity index (χ3v) is 6.09. The van der Waals surface area contributed by atoms with Crippen LogP contribution in [0.25, 0.3) is 21.6 Å². The molecule has 4 rings (SSSR count). The number of amides is 1. The smallest absolute Gasteiger partial charge is 0.311 e. The monoisotopic (exact) mass is 441 g/mol. The van der Waals surface area contributed by atoms with Crippen LogP contribution in [-0.4, -0.2) is 38.2 Å². The summed E-state index contributed by atoms with van der Waals surface area (Å²) in [5.41, 5.74) is 3.13. The number of pyridine rings is 1. The Balaban J connectivity index is 1.66. The number of esters is 1. The Labute approximate surface area is 180 Å². The zero-order valence-electron chi connectivity index (χ0n) is 16.6. The van der Waals surface area contributed by atoms with E-state index in [-0.39, 0.29) is 18.3 Å². The van der Waals surface area contributed by atoms with Crippen molar-refractivity contribution in [1.82, 2.24) is 19.7 Å². The van der Waals surface area contributed by atoms with Crippen molar-refractivity contribution in [2.75, 3.05) is 11.9 Å². The lowest BCUT2D eigenvalue weighted by Crippen LogP contribution is -2.13. The molecule has 0 aliphatic rings. The minimum atomic E-state index is -0.344. The topological polar surface area (TPSA) is 99.0 Å². The van der Waals surface area contributed by atoms with E-state index in [1.54, 1.807) is 34.4 Å². The number of carbonyl (C=O) groups is 2. The molecule has 4 heterocycles. The molecule has 4 aromatic heterocycles. The van der Waals surface area contributed by atoms with Crippen LogP contribution < -0.4 is 5.32 Å². The van der Waals surface area contributed by atoms with Crippen molar-refractivity contribution < 1.29 is 14.3 Å². The van der Waals surface area contributed by atoms with Gasteiger partial charge in [-0.15, -0.1) is 22.7 Å². The first-order chi connectivity index (χ1) is 14.5. The molecular formula is C20H19N5O3S2. The summed E-state index contributed by atoms with van der Waals surface area (Å²) >= 11 is 2.82. The number of hydrogen-bond acceptors (Lipinski definition) is 8. The van der Waals surface area contributed by atoms with E-state index in [0.717, 1.165) is 10.6 Å². The molecule has 154 valence electrons. The summed E-state index contributed by atoms with van der Waals surface area (Å²) in [6, 6.07) is 5.69. The van der Waals surface area contributed by atoms with Gasteiger partial charge in [-0.25, -0.2) is 9.97 Å². The van der Waals surface area contributed by atoms with Crippen molar-refractivity contribution >= 4 is 50.7 Å². The number of aromatic nitrogens is 4. The van der Waals surface area contributed by atoms with Crippen molar-refractivity contribution in [3.8, 4) is 10.6 Å². The average molecular weight is 442 g/mol. The number of fused-ring (bicyclic) bond motifs is 1. The van der Waals surface area contributed by atoms with E-state index < -0.39 is 0 Å². The van der Waals surface area contributed by atoms with Crippen molar-refractivity contribution in [3.63, 3.8) is 0 Å². The zero-order chi connectivity index (χ0) is 21.3. The summed E-state index contributed by atoms with van der Waals surface area (Å²) < 4.78 is 6.62. The first-order valence-electron chi connectivity index (χ1n) is 9.26. The van der Waals surface area contributed by atoms with Crippen LogP contribution in [0.2, 0.25) is 0 Å². The quantitative estimate of drug-likeness (QED) is 0.457. The molecule has 30 heavy (non-hydrogen) atoms. The lowest BCUT2D eigenvalue weighted by atomic mass is 10.1. The molecule has 0 bridgehead atoms. The van der Waals surface area contributed by atoms with Gasteiger partial charge in [0, 0.05) is 12.4 Å². The van der Waals surface area contributed by atoms with Crippen LogP contribution >= 0.6 is 22.7 Å². The number of thiazole rings is 1. The standard InChI is InChI=1S/C20H19N5O3S2/c1-4-28-16(26)8-12-10-30-20(21-12)23-19(27)13-9-14(15-6-5-7-29-15)22-18-17(13)11(2)24-25(18)3/h5-7,9-10H,4,8H2,1-3H3,(H,21,23,27). The van der Waals surface area contributed by atoms with E-state index in [4.69, 9.17) is 9.72 Å². The number of thiophene rings is 1. The fraction of sp³-hybridized carbons (Fsp3) is 0.250. The van der Waals surface area contributed by atoms with Crippen molar-refractivity contribution in [2.24, 2.45) is 7.05 Å². The van der Waals surface area contributed by atoms with Crippen LogP contribution in [0.15, 0.2) is 29.0 Å². The summed E-state index contributed by atoms with van der Waals surface area (Å²) in [5, 5.41) is 12.1. The summed E-state index contributed by atoms with van der Waals surface area (Å²) in [6.07, 6.45) is 0.0734. The Bertz CT molecular complexity index is 1230. The van der Waals surface area contributed by atoms with Gasteiger partial charge in [0.25, 0.3) is 5.91 Å². The average Bonchev–Trinajstić information content (AvgIpc) is 3.44. The number of hydrogen-bond donors (Lipinski definition) is 1. The lowest BCUT2D eigenvalue weighted by Gasteiger charge is -2.07. The van der Waals surface area contributed by atoms with Gasteiger partial charge in [-0.1, -0.05) is 6.07 Å². The maximum atomic E-state index is 13.1. The predicted molar refractivity (Wildman–Crippen MR) is 117 cm³/mol. The van der Waals surface area contributed by atoms with Crippen LogP contribution in [0.5, 0.6) is 0 Å². The largest absolute Gasteiger partial charge is 0.466 e. The molecule has 1 amide bonds. The van der Waals surface area contributed by atoms with Crippen LogP contribution in [-0.2, 0) is 23.0 Å². The molecule has 0 atom stereocenters. The van der Waals surface area contributed by atoms with Gasteiger partial charge >= 0.3 is 5.97 Å². The highest BCUT2D eigenvalue weighted by molar-refractivity contribution is 7.14. The van der Waals surface area contributed by atoms with E-state index in [1.165, 1.54) is 11.3 Å². The van der Waals surface area contributed by atoms with Gasteiger partial charge in [0.1, 0.15) is 0 Å². The molecule has 8 nitrogen and oxygen atoms in total. The molecule has 0 saturated carbocycles. The highest BCUT2D eigenvalue weighted by Gasteiger charge is 2.20. The highest BCUT2D eigenvalue weighted by atomic mass is 32.1. The molecule has 0 aromatic carbocycles. The van der Waals surface area contributed by atoms with Gasteiger partial charge in [-0.05, 0) is 31.4 Å². The van der Waals surface area contributed by atoms with Gasteiger partial charge in [-0.2, -0.15) is 5.10 Å². The first kappa shape index (κ1) is 20.2. The van der Waals surface area contributed by atoms with Crippen LogP contribution in [0.1, 0.15) is 28.7 Å². The van der Waals surface area contributed by atoms with Gasteiger partial charge in [0.2, 0.25) is 0 Å². The summed E-state index contributed by atoms with van der Waals surface area (Å²) in [5.74, 6) is -0.642. The van der Waals surface area contributed by atoms with E-state index in [9.17, 15) is 9.59 Å². The fourth-order valence-electron chi connectivity index (χ4n) is 3.14. The molecule has 0 radical (unpaired) electrons. The van der Waals surface area contributed by atoms with Gasteiger partial charge in [0.15, 0.2) is 10.8 Å². The summed E-state index contributed by atoms with van der Waals surface area (Å²) in [7, 11) is 1.81.